The number of hydrogen-bond donors (Lipinski definition) is 1. The highest BCUT2D eigenvalue weighted by atomic mass is 16.5. The van der Waals surface area contributed by atoms with Crippen molar-refractivity contribution in [2.24, 2.45) is 0 Å². The first kappa shape index (κ1) is 16.0. The molecule has 0 aromatic heterocycles. The van der Waals surface area contributed by atoms with E-state index < -0.39 is 0 Å². The smallest absolute Gasteiger partial charge is 0.125 e. The Morgan fingerprint density at radius 1 is 1.00 bits per heavy atom. The van der Waals surface area contributed by atoms with E-state index in [4.69, 9.17) is 4.74 Å². The highest BCUT2D eigenvalue weighted by Gasteiger charge is 2.08. The predicted molar refractivity (Wildman–Crippen MR) is 83.1 cm³/mol. The summed E-state index contributed by atoms with van der Waals surface area (Å²) in [5.74, 6) is 1.07. The van der Waals surface area contributed by atoms with Gasteiger partial charge in [0, 0.05) is 5.54 Å². The molecule has 0 bridgehead atoms. The van der Waals surface area contributed by atoms with E-state index in [1.165, 1.54) is 16.7 Å². The molecule has 0 heterocycles. The second kappa shape index (κ2) is 6.95. The van der Waals surface area contributed by atoms with Crippen molar-refractivity contribution in [3.63, 3.8) is 0 Å². The van der Waals surface area contributed by atoms with Crippen molar-refractivity contribution in [2.75, 3.05) is 13.2 Å². The van der Waals surface area contributed by atoms with Gasteiger partial charge < -0.3 is 10.1 Å². The lowest BCUT2D eigenvalue weighted by Gasteiger charge is -2.20. The summed E-state index contributed by atoms with van der Waals surface area (Å²) in [7, 11) is 0. The average Bonchev–Trinajstić information content (AvgIpc) is 2.31. The van der Waals surface area contributed by atoms with Crippen molar-refractivity contribution < 1.29 is 4.74 Å². The minimum absolute atomic E-state index is 0.213. The Bertz CT molecular complexity index is 404. The third kappa shape index (κ3) is 5.65. The van der Waals surface area contributed by atoms with Crippen LogP contribution in [0.4, 0.5) is 0 Å². The van der Waals surface area contributed by atoms with E-state index in [0.29, 0.717) is 0 Å². The van der Waals surface area contributed by atoms with E-state index in [1.54, 1.807) is 0 Å². The second-order valence-corrected chi connectivity index (χ2v) is 6.39. The Morgan fingerprint density at radius 3 is 2.26 bits per heavy atom. The van der Waals surface area contributed by atoms with Gasteiger partial charge in [0.05, 0.1) is 6.61 Å². The molecule has 0 saturated heterocycles. The van der Waals surface area contributed by atoms with Gasteiger partial charge in [-0.1, -0.05) is 12.1 Å². The molecule has 108 valence electrons. The van der Waals surface area contributed by atoms with E-state index in [-0.39, 0.29) is 5.54 Å². The van der Waals surface area contributed by atoms with Gasteiger partial charge in [-0.15, -0.1) is 0 Å². The number of ether oxygens (including phenoxy) is 1. The zero-order valence-corrected chi connectivity index (χ0v) is 13.4. The molecule has 0 atom stereocenters. The molecule has 19 heavy (non-hydrogen) atoms. The number of hydrogen-bond acceptors (Lipinski definition) is 2. The summed E-state index contributed by atoms with van der Waals surface area (Å²) >= 11 is 0. The monoisotopic (exact) mass is 263 g/mol. The van der Waals surface area contributed by atoms with Crippen LogP contribution >= 0.6 is 0 Å². The van der Waals surface area contributed by atoms with Gasteiger partial charge in [-0.25, -0.2) is 0 Å². The van der Waals surface area contributed by atoms with Crippen LogP contribution in [0.1, 0.15) is 50.3 Å². The van der Waals surface area contributed by atoms with Crippen LogP contribution in [-0.2, 0) is 0 Å². The molecular formula is C17H29NO. The molecule has 1 aromatic rings. The number of nitrogens with one attached hydrogen (secondary N) is 1. The lowest BCUT2D eigenvalue weighted by atomic mass is 10.1. The van der Waals surface area contributed by atoms with E-state index in [1.807, 2.05) is 0 Å². The Hall–Kier alpha value is -1.02. The summed E-state index contributed by atoms with van der Waals surface area (Å²) in [4.78, 5) is 0. The van der Waals surface area contributed by atoms with Gasteiger partial charge in [-0.05, 0) is 77.6 Å². The molecule has 0 amide bonds. The molecule has 0 unspecified atom stereocenters. The summed E-state index contributed by atoms with van der Waals surface area (Å²) in [6, 6.07) is 4.30. The van der Waals surface area contributed by atoms with Gasteiger partial charge in [-0.3, -0.25) is 0 Å². The average molecular weight is 263 g/mol. The van der Waals surface area contributed by atoms with Crippen molar-refractivity contribution in [1.82, 2.24) is 5.32 Å². The minimum Gasteiger partial charge on any atom is -0.493 e. The largest absolute Gasteiger partial charge is 0.493 e. The van der Waals surface area contributed by atoms with E-state index in [2.05, 4.69) is 59.0 Å². The van der Waals surface area contributed by atoms with E-state index >= 15 is 0 Å². The molecule has 2 nitrogen and oxygen atoms in total. The van der Waals surface area contributed by atoms with Crippen molar-refractivity contribution in [2.45, 2.75) is 59.9 Å². The Kier molecular flexibility index (Phi) is 5.86. The molecule has 0 radical (unpaired) electrons. The quantitative estimate of drug-likeness (QED) is 0.778. The zero-order valence-electron chi connectivity index (χ0n) is 13.4. The third-order valence-corrected chi connectivity index (χ3v) is 3.35. The molecule has 0 fully saturated rings. The maximum atomic E-state index is 5.95. The standard InChI is InChI=1S/C17H29NO/c1-13-9-10-14(2)16(15(13)3)19-12-8-7-11-18-17(4,5)6/h9-10,18H,7-8,11-12H2,1-6H3. The van der Waals surface area contributed by atoms with Crippen LogP contribution < -0.4 is 10.1 Å². The summed E-state index contributed by atoms with van der Waals surface area (Å²) in [6.07, 6.45) is 2.25. The number of aryl methyl sites for hydroxylation is 2. The molecule has 1 rings (SSSR count). The second-order valence-electron chi connectivity index (χ2n) is 6.39. The SMILES string of the molecule is Cc1ccc(C)c(OCCCCNC(C)(C)C)c1C. The van der Waals surface area contributed by atoms with Crippen molar-refractivity contribution in [3.05, 3.63) is 28.8 Å². The van der Waals surface area contributed by atoms with Crippen LogP contribution in [0.5, 0.6) is 5.75 Å². The number of rotatable bonds is 6. The summed E-state index contributed by atoms with van der Waals surface area (Å²) in [6.45, 7) is 14.8. The first-order chi connectivity index (χ1) is 8.81. The van der Waals surface area contributed by atoms with Crippen molar-refractivity contribution >= 4 is 0 Å². The zero-order chi connectivity index (χ0) is 14.5. The van der Waals surface area contributed by atoms with Crippen LogP contribution in [0, 0.1) is 20.8 Å². The van der Waals surface area contributed by atoms with Crippen LogP contribution in [0.25, 0.3) is 0 Å². The molecule has 0 aliphatic rings. The Balaban J connectivity index is 2.32. The maximum Gasteiger partial charge on any atom is 0.125 e. The first-order valence-corrected chi connectivity index (χ1v) is 7.26. The first-order valence-electron chi connectivity index (χ1n) is 7.26. The predicted octanol–water partition coefficient (Wildman–Crippen LogP) is 4.16. The lowest BCUT2D eigenvalue weighted by Crippen LogP contribution is -2.36. The molecule has 0 aliphatic heterocycles. The molecular weight excluding hydrogens is 234 g/mol. The lowest BCUT2D eigenvalue weighted by molar-refractivity contribution is 0.297. The fourth-order valence-electron chi connectivity index (χ4n) is 2.01. The van der Waals surface area contributed by atoms with Crippen molar-refractivity contribution in [1.29, 1.82) is 0 Å². The molecule has 0 aliphatic carbocycles. The molecule has 0 saturated carbocycles. The molecule has 1 N–H and O–H groups in total. The van der Waals surface area contributed by atoms with Crippen LogP contribution in [0.15, 0.2) is 12.1 Å². The number of benzene rings is 1. The number of unbranched alkanes of at least 4 members (excludes halogenated alkanes) is 1. The van der Waals surface area contributed by atoms with E-state index in [9.17, 15) is 0 Å². The van der Waals surface area contributed by atoms with Gasteiger partial charge in [0.1, 0.15) is 5.75 Å². The van der Waals surface area contributed by atoms with Crippen LogP contribution in [0.2, 0.25) is 0 Å². The molecule has 1 aromatic carbocycles. The molecule has 0 spiro atoms. The fourth-order valence-corrected chi connectivity index (χ4v) is 2.01. The third-order valence-electron chi connectivity index (χ3n) is 3.35. The van der Waals surface area contributed by atoms with Gasteiger partial charge in [0.2, 0.25) is 0 Å². The fraction of sp³-hybridized carbons (Fsp3) is 0.647. The highest BCUT2D eigenvalue weighted by molar-refractivity contribution is 5.44. The summed E-state index contributed by atoms with van der Waals surface area (Å²) in [5.41, 5.74) is 4.02. The molecule has 2 heteroatoms. The minimum atomic E-state index is 0.213. The van der Waals surface area contributed by atoms with Crippen LogP contribution in [0.3, 0.4) is 0 Å². The van der Waals surface area contributed by atoms with Gasteiger partial charge in [0.15, 0.2) is 0 Å². The Morgan fingerprint density at radius 2 is 1.63 bits per heavy atom. The van der Waals surface area contributed by atoms with Gasteiger partial charge in [0.25, 0.3) is 0 Å². The summed E-state index contributed by atoms with van der Waals surface area (Å²) < 4.78 is 5.95. The Labute approximate surface area is 118 Å². The van der Waals surface area contributed by atoms with E-state index in [0.717, 1.165) is 31.7 Å². The highest BCUT2D eigenvalue weighted by Crippen LogP contribution is 2.25. The summed E-state index contributed by atoms with van der Waals surface area (Å²) in [5, 5.41) is 3.50. The van der Waals surface area contributed by atoms with Crippen LogP contribution in [-0.4, -0.2) is 18.7 Å². The van der Waals surface area contributed by atoms with Crippen molar-refractivity contribution in [3.8, 4) is 5.75 Å². The van der Waals surface area contributed by atoms with Gasteiger partial charge in [-0.2, -0.15) is 0 Å². The van der Waals surface area contributed by atoms with Gasteiger partial charge >= 0.3 is 0 Å². The maximum absolute atomic E-state index is 5.95. The normalized spacial score (nSPS) is 11.7. The topological polar surface area (TPSA) is 21.3 Å².